The molecule has 0 spiro atoms. The molecule has 0 unspecified atom stereocenters. The molecule has 0 heterocycles. The molecular formula is C10H21N3O3. The number of carboxylic acid groups (broad SMARTS) is 1. The maximum Gasteiger partial charge on any atom is 0.323 e. The Bertz CT molecular complexity index is 243. The molecule has 0 fully saturated rings. The number of hydrogen-bond acceptors (Lipinski definition) is 3. The summed E-state index contributed by atoms with van der Waals surface area (Å²) in [5.74, 6) is -1.00. The van der Waals surface area contributed by atoms with E-state index >= 15 is 0 Å². The van der Waals surface area contributed by atoms with E-state index in [0.29, 0.717) is 6.54 Å². The number of likely N-dealkylation sites (N-methyl/N-ethyl adjacent to an activating group) is 1. The average molecular weight is 231 g/mol. The molecule has 0 aromatic rings. The molecule has 0 aromatic carbocycles. The van der Waals surface area contributed by atoms with Crippen LogP contribution >= 0.6 is 0 Å². The van der Waals surface area contributed by atoms with E-state index in [9.17, 15) is 9.59 Å². The first-order valence-corrected chi connectivity index (χ1v) is 5.17. The number of aliphatic carboxylic acids is 1. The van der Waals surface area contributed by atoms with Gasteiger partial charge in [-0.2, -0.15) is 0 Å². The minimum Gasteiger partial charge on any atom is -0.480 e. The lowest BCUT2D eigenvalue weighted by Gasteiger charge is -2.24. The summed E-state index contributed by atoms with van der Waals surface area (Å²) < 4.78 is 0. The van der Waals surface area contributed by atoms with Crippen LogP contribution in [0.1, 0.15) is 6.42 Å². The average Bonchev–Trinajstić information content (AvgIpc) is 2.14. The number of hydrogen-bond donors (Lipinski definition) is 1. The Morgan fingerprint density at radius 2 is 1.56 bits per heavy atom. The van der Waals surface area contributed by atoms with Gasteiger partial charge in [0.25, 0.3) is 0 Å². The van der Waals surface area contributed by atoms with Gasteiger partial charge in [0.15, 0.2) is 0 Å². The maximum atomic E-state index is 11.6. The SMILES string of the molecule is CN(C)CCCN(C)C(=O)N(C)CC(=O)O. The molecule has 6 nitrogen and oxygen atoms in total. The second kappa shape index (κ2) is 7.05. The summed E-state index contributed by atoms with van der Waals surface area (Å²) in [6.07, 6.45) is 0.871. The van der Waals surface area contributed by atoms with Crippen LogP contribution in [0.25, 0.3) is 0 Å². The lowest BCUT2D eigenvalue weighted by Crippen LogP contribution is -2.42. The van der Waals surface area contributed by atoms with Crippen molar-refractivity contribution in [1.29, 1.82) is 0 Å². The molecule has 0 aliphatic carbocycles. The molecule has 0 aromatic heterocycles. The Labute approximate surface area is 96.4 Å². The van der Waals surface area contributed by atoms with Crippen LogP contribution in [-0.2, 0) is 4.79 Å². The highest BCUT2D eigenvalue weighted by Gasteiger charge is 2.15. The number of nitrogens with zero attached hydrogens (tertiary/aromatic N) is 3. The molecule has 0 saturated carbocycles. The van der Waals surface area contributed by atoms with Gasteiger partial charge in [-0.05, 0) is 27.1 Å². The van der Waals surface area contributed by atoms with Gasteiger partial charge in [-0.15, -0.1) is 0 Å². The zero-order chi connectivity index (χ0) is 12.7. The summed E-state index contributed by atoms with van der Waals surface area (Å²) in [6.45, 7) is 1.26. The van der Waals surface area contributed by atoms with Crippen LogP contribution in [0.4, 0.5) is 4.79 Å². The second-order valence-electron chi connectivity index (χ2n) is 4.11. The molecule has 0 aliphatic rings. The molecular weight excluding hydrogens is 210 g/mol. The topological polar surface area (TPSA) is 64.1 Å². The number of carbonyl (C=O) groups excluding carboxylic acids is 1. The van der Waals surface area contributed by atoms with Crippen molar-refractivity contribution in [3.05, 3.63) is 0 Å². The lowest BCUT2D eigenvalue weighted by molar-refractivity contribution is -0.137. The Balaban J connectivity index is 3.93. The van der Waals surface area contributed by atoms with Crippen LogP contribution < -0.4 is 0 Å². The Hall–Kier alpha value is -1.30. The van der Waals surface area contributed by atoms with E-state index in [4.69, 9.17) is 5.11 Å². The van der Waals surface area contributed by atoms with Gasteiger partial charge in [-0.25, -0.2) is 4.79 Å². The van der Waals surface area contributed by atoms with Crippen LogP contribution in [0.2, 0.25) is 0 Å². The third-order valence-corrected chi connectivity index (χ3v) is 2.12. The van der Waals surface area contributed by atoms with Crippen LogP contribution in [0.3, 0.4) is 0 Å². The number of carbonyl (C=O) groups is 2. The minimum absolute atomic E-state index is 0.263. The van der Waals surface area contributed by atoms with E-state index in [2.05, 4.69) is 0 Å². The Kier molecular flexibility index (Phi) is 6.48. The molecule has 1 N–H and O–H groups in total. The first kappa shape index (κ1) is 14.7. The monoisotopic (exact) mass is 231 g/mol. The fraction of sp³-hybridized carbons (Fsp3) is 0.800. The van der Waals surface area contributed by atoms with Crippen molar-refractivity contribution in [2.45, 2.75) is 6.42 Å². The zero-order valence-corrected chi connectivity index (χ0v) is 10.4. The molecule has 0 bridgehead atoms. The minimum atomic E-state index is -1.00. The van der Waals surface area contributed by atoms with Gasteiger partial charge in [0, 0.05) is 20.6 Å². The molecule has 6 heteroatoms. The number of rotatable bonds is 6. The molecule has 0 rings (SSSR count). The van der Waals surface area contributed by atoms with Gasteiger partial charge < -0.3 is 19.8 Å². The third kappa shape index (κ3) is 6.23. The third-order valence-electron chi connectivity index (χ3n) is 2.12. The summed E-state index contributed by atoms with van der Waals surface area (Å²) in [4.78, 5) is 26.8. The summed E-state index contributed by atoms with van der Waals surface area (Å²) in [5, 5.41) is 8.54. The van der Waals surface area contributed by atoms with E-state index in [1.54, 1.807) is 7.05 Å². The van der Waals surface area contributed by atoms with Gasteiger partial charge in [-0.1, -0.05) is 0 Å². The largest absolute Gasteiger partial charge is 0.480 e. The Morgan fingerprint density at radius 3 is 2.00 bits per heavy atom. The fourth-order valence-electron chi connectivity index (χ4n) is 1.28. The van der Waals surface area contributed by atoms with Crippen molar-refractivity contribution >= 4 is 12.0 Å². The first-order valence-electron chi connectivity index (χ1n) is 5.17. The van der Waals surface area contributed by atoms with Crippen LogP contribution in [0.15, 0.2) is 0 Å². The summed E-state index contributed by atoms with van der Waals surface area (Å²) in [5.41, 5.74) is 0. The Morgan fingerprint density at radius 1 is 1.00 bits per heavy atom. The van der Waals surface area contributed by atoms with E-state index < -0.39 is 5.97 Å². The number of carboxylic acids is 1. The van der Waals surface area contributed by atoms with E-state index in [1.807, 2.05) is 19.0 Å². The van der Waals surface area contributed by atoms with Crippen molar-refractivity contribution in [3.8, 4) is 0 Å². The molecule has 2 amide bonds. The molecule has 0 saturated heterocycles. The summed E-state index contributed by atoms with van der Waals surface area (Å²) in [6, 6.07) is -0.263. The number of amides is 2. The molecule has 0 radical (unpaired) electrons. The smallest absolute Gasteiger partial charge is 0.323 e. The van der Waals surface area contributed by atoms with Crippen molar-refractivity contribution in [2.24, 2.45) is 0 Å². The highest BCUT2D eigenvalue weighted by atomic mass is 16.4. The van der Waals surface area contributed by atoms with Gasteiger partial charge in [0.1, 0.15) is 6.54 Å². The zero-order valence-electron chi connectivity index (χ0n) is 10.4. The van der Waals surface area contributed by atoms with E-state index in [1.165, 1.54) is 16.8 Å². The summed E-state index contributed by atoms with van der Waals surface area (Å²) in [7, 11) is 7.10. The van der Waals surface area contributed by atoms with Crippen molar-refractivity contribution in [1.82, 2.24) is 14.7 Å². The highest BCUT2D eigenvalue weighted by molar-refractivity contribution is 5.79. The normalized spacial score (nSPS) is 10.3. The predicted molar refractivity (Wildman–Crippen MR) is 61.5 cm³/mol. The summed E-state index contributed by atoms with van der Waals surface area (Å²) >= 11 is 0. The molecule has 0 atom stereocenters. The predicted octanol–water partition coefficient (Wildman–Crippen LogP) is 0.00630. The first-order chi connectivity index (χ1) is 7.34. The van der Waals surface area contributed by atoms with Gasteiger partial charge >= 0.3 is 12.0 Å². The van der Waals surface area contributed by atoms with Crippen LogP contribution in [0.5, 0.6) is 0 Å². The van der Waals surface area contributed by atoms with Gasteiger partial charge in [0.2, 0.25) is 0 Å². The molecule has 0 aliphatic heterocycles. The van der Waals surface area contributed by atoms with E-state index in [-0.39, 0.29) is 12.6 Å². The van der Waals surface area contributed by atoms with Crippen molar-refractivity contribution in [2.75, 3.05) is 47.8 Å². The van der Waals surface area contributed by atoms with Crippen molar-refractivity contribution in [3.63, 3.8) is 0 Å². The molecule has 94 valence electrons. The van der Waals surface area contributed by atoms with Crippen LogP contribution in [-0.4, -0.2) is 79.6 Å². The van der Waals surface area contributed by atoms with Crippen LogP contribution in [0, 0.1) is 0 Å². The fourth-order valence-corrected chi connectivity index (χ4v) is 1.28. The van der Waals surface area contributed by atoms with Gasteiger partial charge in [0.05, 0.1) is 0 Å². The standard InChI is InChI=1S/C10H21N3O3/c1-11(2)6-5-7-12(3)10(16)13(4)8-9(14)15/h5-8H2,1-4H3,(H,14,15). The highest BCUT2D eigenvalue weighted by Crippen LogP contribution is 1.96. The van der Waals surface area contributed by atoms with Gasteiger partial charge in [-0.3, -0.25) is 4.79 Å². The van der Waals surface area contributed by atoms with E-state index in [0.717, 1.165) is 13.0 Å². The second-order valence-corrected chi connectivity index (χ2v) is 4.11. The number of urea groups is 1. The maximum absolute atomic E-state index is 11.6. The molecule has 16 heavy (non-hydrogen) atoms. The van der Waals surface area contributed by atoms with Crippen molar-refractivity contribution < 1.29 is 14.7 Å². The quantitative estimate of drug-likeness (QED) is 0.699. The lowest BCUT2D eigenvalue weighted by atomic mass is 10.4.